The normalized spacial score (nSPS) is 11.3. The summed E-state index contributed by atoms with van der Waals surface area (Å²) in [4.78, 5) is 23.2. The molecule has 0 aliphatic rings. The number of hydrogen-bond donors (Lipinski definition) is 2. The van der Waals surface area contributed by atoms with Gasteiger partial charge in [0.2, 0.25) is 5.91 Å². The summed E-state index contributed by atoms with van der Waals surface area (Å²) in [6.07, 6.45) is 14.4. The molecule has 2 N–H and O–H groups in total. The molecule has 0 unspecified atom stereocenters. The summed E-state index contributed by atoms with van der Waals surface area (Å²) in [5.74, 6) is -0.553. The van der Waals surface area contributed by atoms with E-state index in [1.54, 1.807) is 24.3 Å². The second kappa shape index (κ2) is 14.0. The number of carbonyl (C=O) groups is 2. The van der Waals surface area contributed by atoms with E-state index in [-0.39, 0.29) is 5.91 Å². The molecule has 0 saturated carbocycles. The number of rotatable bonds is 16. The summed E-state index contributed by atoms with van der Waals surface area (Å²) in [5, 5.41) is 12.0. The molecular formula is C24H39NO4. The van der Waals surface area contributed by atoms with E-state index < -0.39 is 11.6 Å². The number of carbonyl (C=O) groups excluding carboxylic acids is 1. The Morgan fingerprint density at radius 2 is 1.34 bits per heavy atom. The SMILES string of the molecule is CCCCCCCCCCCCCC(=O)Nc1ccc(OC(C)(C)C(=O)O)cc1. The Labute approximate surface area is 176 Å². The molecule has 1 amide bonds. The zero-order valence-electron chi connectivity index (χ0n) is 18.5. The third-order valence-electron chi connectivity index (χ3n) is 5.03. The molecule has 0 atom stereocenters. The quantitative estimate of drug-likeness (QED) is 0.305. The van der Waals surface area contributed by atoms with Gasteiger partial charge in [0.25, 0.3) is 0 Å². The molecule has 164 valence electrons. The standard InChI is InChI=1S/C24H39NO4/c1-4-5-6-7-8-9-10-11-12-13-14-15-22(26)25-20-16-18-21(19-17-20)29-24(2,3)23(27)28/h16-19H,4-15H2,1-3H3,(H,25,26)(H,27,28). The van der Waals surface area contributed by atoms with Crippen molar-refractivity contribution in [3.63, 3.8) is 0 Å². The lowest BCUT2D eigenvalue weighted by molar-refractivity contribution is -0.152. The van der Waals surface area contributed by atoms with Gasteiger partial charge in [-0.2, -0.15) is 0 Å². The van der Waals surface area contributed by atoms with Crippen molar-refractivity contribution in [1.29, 1.82) is 0 Å². The van der Waals surface area contributed by atoms with Crippen LogP contribution in [0.2, 0.25) is 0 Å². The Balaban J connectivity index is 2.12. The molecule has 1 aromatic carbocycles. The van der Waals surface area contributed by atoms with E-state index in [0.29, 0.717) is 17.9 Å². The number of aliphatic carboxylic acids is 1. The minimum atomic E-state index is -1.29. The fourth-order valence-corrected chi connectivity index (χ4v) is 3.12. The first-order valence-corrected chi connectivity index (χ1v) is 11.2. The number of unbranched alkanes of at least 4 members (excludes halogenated alkanes) is 10. The van der Waals surface area contributed by atoms with Crippen molar-refractivity contribution < 1.29 is 19.4 Å². The Morgan fingerprint density at radius 1 is 0.862 bits per heavy atom. The number of ether oxygens (including phenoxy) is 1. The summed E-state index contributed by atoms with van der Waals surface area (Å²) >= 11 is 0. The van der Waals surface area contributed by atoms with Gasteiger partial charge in [0, 0.05) is 12.1 Å². The van der Waals surface area contributed by atoms with Crippen molar-refractivity contribution in [2.24, 2.45) is 0 Å². The molecule has 0 aromatic heterocycles. The molecule has 0 heterocycles. The van der Waals surface area contributed by atoms with Crippen LogP contribution in [-0.2, 0) is 9.59 Å². The molecule has 29 heavy (non-hydrogen) atoms. The highest BCUT2D eigenvalue weighted by Gasteiger charge is 2.29. The van der Waals surface area contributed by atoms with Gasteiger partial charge in [-0.25, -0.2) is 4.79 Å². The highest BCUT2D eigenvalue weighted by atomic mass is 16.5. The lowest BCUT2D eigenvalue weighted by Crippen LogP contribution is -2.37. The summed E-state index contributed by atoms with van der Waals surface area (Å²) in [6.45, 7) is 5.24. The third kappa shape index (κ3) is 11.5. The van der Waals surface area contributed by atoms with Gasteiger partial charge < -0.3 is 15.2 Å². The Kier molecular flexibility index (Phi) is 12.1. The van der Waals surface area contributed by atoms with Crippen molar-refractivity contribution in [1.82, 2.24) is 0 Å². The van der Waals surface area contributed by atoms with Gasteiger partial charge in [0.1, 0.15) is 5.75 Å². The topological polar surface area (TPSA) is 75.6 Å². The van der Waals surface area contributed by atoms with Crippen LogP contribution in [-0.4, -0.2) is 22.6 Å². The molecule has 0 fully saturated rings. The van der Waals surface area contributed by atoms with Crippen LogP contribution in [0.4, 0.5) is 5.69 Å². The number of hydrogen-bond acceptors (Lipinski definition) is 3. The molecule has 0 aliphatic carbocycles. The Hall–Kier alpha value is -2.04. The van der Waals surface area contributed by atoms with Gasteiger partial charge in [-0.05, 0) is 44.5 Å². The van der Waals surface area contributed by atoms with Gasteiger partial charge in [-0.3, -0.25) is 4.79 Å². The first-order chi connectivity index (χ1) is 13.8. The van der Waals surface area contributed by atoms with E-state index in [2.05, 4.69) is 12.2 Å². The van der Waals surface area contributed by atoms with E-state index >= 15 is 0 Å². The van der Waals surface area contributed by atoms with Crippen molar-refractivity contribution >= 4 is 17.6 Å². The van der Waals surface area contributed by atoms with E-state index in [1.165, 1.54) is 71.6 Å². The lowest BCUT2D eigenvalue weighted by atomic mass is 10.1. The van der Waals surface area contributed by atoms with Crippen LogP contribution < -0.4 is 10.1 Å². The first-order valence-electron chi connectivity index (χ1n) is 11.2. The molecular weight excluding hydrogens is 366 g/mol. The van der Waals surface area contributed by atoms with Crippen LogP contribution in [0.5, 0.6) is 5.75 Å². The minimum absolute atomic E-state index is 0.0143. The fraction of sp³-hybridized carbons (Fsp3) is 0.667. The minimum Gasteiger partial charge on any atom is -0.478 e. The van der Waals surface area contributed by atoms with E-state index in [0.717, 1.165) is 12.8 Å². The first kappa shape index (κ1) is 25.0. The number of anilines is 1. The molecule has 0 aliphatic heterocycles. The van der Waals surface area contributed by atoms with Crippen LogP contribution in [0.3, 0.4) is 0 Å². The third-order valence-corrected chi connectivity index (χ3v) is 5.03. The van der Waals surface area contributed by atoms with Crippen LogP contribution in [0.1, 0.15) is 97.8 Å². The molecule has 0 bridgehead atoms. The highest BCUT2D eigenvalue weighted by molar-refractivity contribution is 5.90. The number of carboxylic acids is 1. The number of nitrogens with one attached hydrogen (secondary N) is 1. The molecule has 1 aromatic rings. The summed E-state index contributed by atoms with van der Waals surface area (Å²) in [7, 11) is 0. The number of carboxylic acid groups (broad SMARTS) is 1. The van der Waals surface area contributed by atoms with Crippen molar-refractivity contribution in [2.75, 3.05) is 5.32 Å². The van der Waals surface area contributed by atoms with Crippen LogP contribution in [0.25, 0.3) is 0 Å². The largest absolute Gasteiger partial charge is 0.478 e. The zero-order valence-corrected chi connectivity index (χ0v) is 18.5. The molecule has 0 saturated heterocycles. The number of benzene rings is 1. The van der Waals surface area contributed by atoms with E-state index in [4.69, 9.17) is 9.84 Å². The molecule has 5 heteroatoms. The van der Waals surface area contributed by atoms with Crippen molar-refractivity contribution in [2.45, 2.75) is 103 Å². The monoisotopic (exact) mass is 405 g/mol. The molecule has 0 radical (unpaired) electrons. The van der Waals surface area contributed by atoms with Crippen LogP contribution in [0, 0.1) is 0 Å². The summed E-state index contributed by atoms with van der Waals surface area (Å²) in [6, 6.07) is 6.79. The van der Waals surface area contributed by atoms with Crippen LogP contribution >= 0.6 is 0 Å². The van der Waals surface area contributed by atoms with Crippen molar-refractivity contribution in [3.05, 3.63) is 24.3 Å². The molecule has 5 nitrogen and oxygen atoms in total. The average molecular weight is 406 g/mol. The van der Waals surface area contributed by atoms with Crippen LogP contribution in [0.15, 0.2) is 24.3 Å². The molecule has 1 rings (SSSR count). The summed E-state index contributed by atoms with van der Waals surface area (Å²) < 4.78 is 5.46. The fourth-order valence-electron chi connectivity index (χ4n) is 3.12. The van der Waals surface area contributed by atoms with E-state index in [1.807, 2.05) is 0 Å². The maximum Gasteiger partial charge on any atom is 0.347 e. The zero-order chi connectivity index (χ0) is 21.5. The van der Waals surface area contributed by atoms with Gasteiger partial charge in [0.15, 0.2) is 5.60 Å². The maximum atomic E-state index is 12.1. The highest BCUT2D eigenvalue weighted by Crippen LogP contribution is 2.21. The van der Waals surface area contributed by atoms with Gasteiger partial charge in [-0.15, -0.1) is 0 Å². The van der Waals surface area contributed by atoms with Gasteiger partial charge in [-0.1, -0.05) is 71.1 Å². The average Bonchev–Trinajstić information content (AvgIpc) is 2.67. The van der Waals surface area contributed by atoms with Crippen molar-refractivity contribution in [3.8, 4) is 5.75 Å². The van der Waals surface area contributed by atoms with E-state index in [9.17, 15) is 9.59 Å². The second-order valence-electron chi connectivity index (χ2n) is 8.28. The number of amides is 1. The summed E-state index contributed by atoms with van der Waals surface area (Å²) in [5.41, 5.74) is -0.599. The Bertz CT molecular complexity index is 595. The lowest BCUT2D eigenvalue weighted by Gasteiger charge is -2.21. The second-order valence-corrected chi connectivity index (χ2v) is 8.28. The Morgan fingerprint density at radius 3 is 1.83 bits per heavy atom. The predicted molar refractivity (Wildman–Crippen MR) is 118 cm³/mol. The maximum absolute atomic E-state index is 12.1. The van der Waals surface area contributed by atoms with Gasteiger partial charge in [0.05, 0.1) is 0 Å². The smallest absolute Gasteiger partial charge is 0.347 e. The van der Waals surface area contributed by atoms with Gasteiger partial charge >= 0.3 is 5.97 Å². The molecule has 0 spiro atoms. The predicted octanol–water partition coefficient (Wildman–Crippen LogP) is 6.57.